The van der Waals surface area contributed by atoms with Gasteiger partial charge in [0, 0.05) is 11.7 Å². The predicted octanol–water partition coefficient (Wildman–Crippen LogP) is 3.62. The van der Waals surface area contributed by atoms with Gasteiger partial charge >= 0.3 is 0 Å². The van der Waals surface area contributed by atoms with E-state index in [1.807, 2.05) is 68.4 Å². The number of hydrogen-bond acceptors (Lipinski definition) is 3. The minimum absolute atomic E-state index is 0.00625. The number of rotatable bonds is 4. The zero-order chi connectivity index (χ0) is 16.4. The second kappa shape index (κ2) is 6.38. The molecule has 0 spiro atoms. The van der Waals surface area contributed by atoms with Gasteiger partial charge in [-0.15, -0.1) is 0 Å². The minimum atomic E-state index is -0.00625. The summed E-state index contributed by atoms with van der Waals surface area (Å²) in [6.07, 6.45) is 0. The summed E-state index contributed by atoms with van der Waals surface area (Å²) in [5, 5.41) is 8.16. The maximum absolute atomic E-state index is 12.9. The van der Waals surface area contributed by atoms with Crippen LogP contribution in [0.5, 0.6) is 0 Å². The van der Waals surface area contributed by atoms with Crippen molar-refractivity contribution in [1.82, 2.24) is 4.57 Å². The number of aromatic nitrogens is 1. The molecular formula is C18H19N3OS. The van der Waals surface area contributed by atoms with Gasteiger partial charge in [0.15, 0.2) is 4.80 Å². The van der Waals surface area contributed by atoms with Crippen molar-refractivity contribution in [2.24, 2.45) is 0 Å². The second-order valence-electron chi connectivity index (χ2n) is 5.65. The molecule has 4 nitrogen and oxygen atoms in total. The fourth-order valence-corrected chi connectivity index (χ4v) is 3.63. The van der Waals surface area contributed by atoms with Crippen molar-refractivity contribution < 1.29 is 4.79 Å². The summed E-state index contributed by atoms with van der Waals surface area (Å²) >= 11 is 1.40. The first-order valence-electron chi connectivity index (χ1n) is 7.58. The minimum Gasteiger partial charge on any atom is -0.308 e. The summed E-state index contributed by atoms with van der Waals surface area (Å²) in [6, 6.07) is 17.6. The third-order valence-corrected chi connectivity index (χ3v) is 4.70. The van der Waals surface area contributed by atoms with Gasteiger partial charge in [-0.3, -0.25) is 10.2 Å². The van der Waals surface area contributed by atoms with Crippen LogP contribution >= 0.6 is 11.3 Å². The molecule has 0 atom stereocenters. The van der Waals surface area contributed by atoms with E-state index in [-0.39, 0.29) is 18.5 Å². The van der Waals surface area contributed by atoms with Gasteiger partial charge in [-0.2, -0.15) is 0 Å². The number of para-hydroxylation sites is 2. The van der Waals surface area contributed by atoms with E-state index >= 15 is 0 Å². The zero-order valence-electron chi connectivity index (χ0n) is 13.2. The number of amides is 1. The SMILES string of the molecule is CC(C)N(C(=O)Cn1c(=N)sc2ccccc21)c1ccccc1. The van der Waals surface area contributed by atoms with Crippen LogP contribution in [0, 0.1) is 5.41 Å². The summed E-state index contributed by atoms with van der Waals surface area (Å²) in [5.41, 5.74) is 1.83. The number of fused-ring (bicyclic) bond motifs is 1. The Balaban J connectivity index is 1.96. The number of carbonyl (C=O) groups is 1. The number of benzene rings is 2. The van der Waals surface area contributed by atoms with Crippen molar-refractivity contribution in [3.05, 3.63) is 59.4 Å². The molecule has 0 unspecified atom stereocenters. The lowest BCUT2D eigenvalue weighted by atomic mass is 10.2. The highest BCUT2D eigenvalue weighted by Crippen LogP contribution is 2.20. The van der Waals surface area contributed by atoms with Crippen LogP contribution in [0.1, 0.15) is 13.8 Å². The van der Waals surface area contributed by atoms with Gasteiger partial charge in [0.05, 0.1) is 10.2 Å². The molecule has 2 aromatic carbocycles. The van der Waals surface area contributed by atoms with Crippen LogP contribution in [0.4, 0.5) is 5.69 Å². The molecular weight excluding hydrogens is 306 g/mol. The summed E-state index contributed by atoms with van der Waals surface area (Å²) in [6.45, 7) is 4.18. The summed E-state index contributed by atoms with van der Waals surface area (Å²) in [4.78, 5) is 15.1. The number of nitrogens with one attached hydrogen (secondary N) is 1. The quantitative estimate of drug-likeness (QED) is 0.782. The van der Waals surface area contributed by atoms with E-state index in [4.69, 9.17) is 5.41 Å². The van der Waals surface area contributed by atoms with Crippen LogP contribution in [0.2, 0.25) is 0 Å². The maximum atomic E-state index is 12.9. The third-order valence-electron chi connectivity index (χ3n) is 3.72. The monoisotopic (exact) mass is 325 g/mol. The molecule has 0 aliphatic rings. The predicted molar refractivity (Wildman–Crippen MR) is 94.7 cm³/mol. The summed E-state index contributed by atoms with van der Waals surface area (Å²) in [7, 11) is 0. The van der Waals surface area contributed by atoms with Crippen molar-refractivity contribution in [2.45, 2.75) is 26.4 Å². The largest absolute Gasteiger partial charge is 0.308 e. The molecule has 0 aliphatic heterocycles. The van der Waals surface area contributed by atoms with E-state index in [9.17, 15) is 4.79 Å². The Morgan fingerprint density at radius 2 is 1.78 bits per heavy atom. The van der Waals surface area contributed by atoms with Gasteiger partial charge < -0.3 is 9.47 Å². The molecule has 3 aromatic rings. The van der Waals surface area contributed by atoms with Crippen LogP contribution in [0.25, 0.3) is 10.2 Å². The highest BCUT2D eigenvalue weighted by molar-refractivity contribution is 7.16. The standard InChI is InChI=1S/C18H19N3OS/c1-13(2)21(14-8-4-3-5-9-14)17(22)12-20-15-10-6-7-11-16(15)23-18(20)19/h3-11,13,19H,12H2,1-2H3. The zero-order valence-corrected chi connectivity index (χ0v) is 14.0. The lowest BCUT2D eigenvalue weighted by Crippen LogP contribution is -2.40. The topological polar surface area (TPSA) is 49.1 Å². The maximum Gasteiger partial charge on any atom is 0.247 e. The number of nitrogens with zero attached hydrogens (tertiary/aromatic N) is 2. The molecule has 0 radical (unpaired) electrons. The molecule has 118 valence electrons. The van der Waals surface area contributed by atoms with E-state index in [0.29, 0.717) is 4.80 Å². The average molecular weight is 325 g/mol. The molecule has 1 aromatic heterocycles. The van der Waals surface area contributed by atoms with Crippen LogP contribution in [-0.2, 0) is 11.3 Å². The number of hydrogen-bond donors (Lipinski definition) is 1. The second-order valence-corrected chi connectivity index (χ2v) is 6.68. The van der Waals surface area contributed by atoms with Gasteiger partial charge in [0.2, 0.25) is 5.91 Å². The number of thiazole rings is 1. The summed E-state index contributed by atoms with van der Waals surface area (Å²) in [5.74, 6) is -0.00625. The molecule has 0 bridgehead atoms. The first kappa shape index (κ1) is 15.5. The van der Waals surface area contributed by atoms with Crippen LogP contribution in [0.15, 0.2) is 54.6 Å². The number of anilines is 1. The third kappa shape index (κ3) is 3.05. The van der Waals surface area contributed by atoms with Crippen molar-refractivity contribution in [2.75, 3.05) is 4.90 Å². The van der Waals surface area contributed by atoms with E-state index in [2.05, 4.69) is 0 Å². The molecule has 0 saturated heterocycles. The molecule has 0 fully saturated rings. The number of carbonyl (C=O) groups excluding carboxylic acids is 1. The lowest BCUT2D eigenvalue weighted by Gasteiger charge is -2.27. The molecule has 3 rings (SSSR count). The fraction of sp³-hybridized carbons (Fsp3) is 0.222. The van der Waals surface area contributed by atoms with Crippen molar-refractivity contribution in [1.29, 1.82) is 5.41 Å². The normalized spacial score (nSPS) is 11.1. The van der Waals surface area contributed by atoms with E-state index in [0.717, 1.165) is 15.9 Å². The van der Waals surface area contributed by atoms with E-state index < -0.39 is 0 Å². The molecule has 0 saturated carbocycles. The Labute approximate surface area is 139 Å². The van der Waals surface area contributed by atoms with Crippen molar-refractivity contribution in [3.8, 4) is 0 Å². The van der Waals surface area contributed by atoms with E-state index in [1.54, 1.807) is 9.47 Å². The highest BCUT2D eigenvalue weighted by Gasteiger charge is 2.20. The molecule has 0 aliphatic carbocycles. The molecule has 5 heteroatoms. The fourth-order valence-electron chi connectivity index (χ4n) is 2.72. The average Bonchev–Trinajstić information content (AvgIpc) is 2.84. The van der Waals surface area contributed by atoms with Crippen molar-refractivity contribution in [3.63, 3.8) is 0 Å². The molecule has 23 heavy (non-hydrogen) atoms. The molecule has 1 amide bonds. The van der Waals surface area contributed by atoms with Crippen LogP contribution < -0.4 is 9.70 Å². The molecule has 1 heterocycles. The van der Waals surface area contributed by atoms with Gasteiger partial charge in [0.25, 0.3) is 0 Å². The van der Waals surface area contributed by atoms with Crippen molar-refractivity contribution >= 4 is 33.1 Å². The van der Waals surface area contributed by atoms with Gasteiger partial charge in [-0.05, 0) is 38.1 Å². The van der Waals surface area contributed by atoms with Gasteiger partial charge in [-0.1, -0.05) is 41.7 Å². The molecule has 1 N–H and O–H groups in total. The Morgan fingerprint density at radius 3 is 2.48 bits per heavy atom. The van der Waals surface area contributed by atoms with Crippen LogP contribution in [-0.4, -0.2) is 16.5 Å². The Morgan fingerprint density at radius 1 is 1.13 bits per heavy atom. The first-order valence-corrected chi connectivity index (χ1v) is 8.39. The van der Waals surface area contributed by atoms with Gasteiger partial charge in [-0.25, -0.2) is 0 Å². The van der Waals surface area contributed by atoms with Gasteiger partial charge in [0.1, 0.15) is 6.54 Å². The Kier molecular flexibility index (Phi) is 4.30. The summed E-state index contributed by atoms with van der Waals surface area (Å²) < 4.78 is 2.81. The Hall–Kier alpha value is -2.40. The lowest BCUT2D eigenvalue weighted by molar-refractivity contribution is -0.119. The first-order chi connectivity index (χ1) is 11.1. The highest BCUT2D eigenvalue weighted by atomic mass is 32.1. The smallest absolute Gasteiger partial charge is 0.247 e. The van der Waals surface area contributed by atoms with Crippen LogP contribution in [0.3, 0.4) is 0 Å². The van der Waals surface area contributed by atoms with E-state index in [1.165, 1.54) is 11.3 Å². The Bertz CT molecular complexity index is 880.